The fourth-order valence-electron chi connectivity index (χ4n) is 1.74. The number of phenolic OH excluding ortho intramolecular Hbond substituents is 1. The second-order valence-electron chi connectivity index (χ2n) is 4.53. The molecule has 0 saturated heterocycles. The lowest BCUT2D eigenvalue weighted by atomic mass is 10.1. The van der Waals surface area contributed by atoms with Gasteiger partial charge >= 0.3 is 5.97 Å². The number of benzene rings is 1. The first-order chi connectivity index (χ1) is 9.99. The number of carbonyl (C=O) groups excluding carboxylic acids is 2. The van der Waals surface area contributed by atoms with Gasteiger partial charge < -0.3 is 19.5 Å². The van der Waals surface area contributed by atoms with Gasteiger partial charge in [-0.05, 0) is 31.5 Å². The number of rotatable bonds is 7. The molecule has 116 valence electrons. The highest BCUT2D eigenvalue weighted by atomic mass is 16.5. The van der Waals surface area contributed by atoms with Gasteiger partial charge in [-0.15, -0.1) is 0 Å². The minimum Gasteiger partial charge on any atom is -0.508 e. The molecule has 0 saturated carbocycles. The zero-order chi connectivity index (χ0) is 15.8. The summed E-state index contributed by atoms with van der Waals surface area (Å²) in [5.74, 6) is -0.780. The van der Waals surface area contributed by atoms with Crippen molar-refractivity contribution in [2.45, 2.75) is 13.8 Å². The van der Waals surface area contributed by atoms with Crippen LogP contribution in [0.4, 0.5) is 0 Å². The molecule has 0 unspecified atom stereocenters. The van der Waals surface area contributed by atoms with Gasteiger partial charge in [0.15, 0.2) is 0 Å². The minimum absolute atomic E-state index is 0.0451. The topological polar surface area (TPSA) is 76.1 Å². The molecule has 0 aliphatic rings. The summed E-state index contributed by atoms with van der Waals surface area (Å²) in [6.07, 6.45) is 0. The van der Waals surface area contributed by atoms with Crippen molar-refractivity contribution >= 4 is 11.9 Å². The Morgan fingerprint density at radius 2 is 2.05 bits per heavy atom. The van der Waals surface area contributed by atoms with Gasteiger partial charge in [-0.1, -0.05) is 6.07 Å². The van der Waals surface area contributed by atoms with Crippen LogP contribution in [0.3, 0.4) is 0 Å². The van der Waals surface area contributed by atoms with Crippen LogP contribution in [-0.4, -0.2) is 55.3 Å². The summed E-state index contributed by atoms with van der Waals surface area (Å²) >= 11 is 0. The number of nitrogens with zero attached hydrogens (tertiary/aromatic N) is 1. The smallest absolute Gasteiger partial charge is 0.325 e. The summed E-state index contributed by atoms with van der Waals surface area (Å²) in [4.78, 5) is 25.3. The van der Waals surface area contributed by atoms with Gasteiger partial charge in [-0.25, -0.2) is 0 Å². The normalized spacial score (nSPS) is 10.2. The maximum absolute atomic E-state index is 12.4. The standard InChI is InChI=1S/C15H21NO5/c1-4-21-14(18)10-16(7-8-20-3)15(19)12-6-5-11(2)13(17)9-12/h5-6,9,17H,4,7-8,10H2,1-3H3. The van der Waals surface area contributed by atoms with Crippen LogP contribution in [0.2, 0.25) is 0 Å². The molecule has 6 heteroatoms. The Hall–Kier alpha value is -2.08. The van der Waals surface area contributed by atoms with Gasteiger partial charge in [0, 0.05) is 19.2 Å². The first kappa shape index (κ1) is 17.0. The Balaban J connectivity index is 2.87. The predicted molar refractivity (Wildman–Crippen MR) is 77.3 cm³/mol. The number of ether oxygens (including phenoxy) is 2. The lowest BCUT2D eigenvalue weighted by molar-refractivity contribution is -0.143. The fourth-order valence-corrected chi connectivity index (χ4v) is 1.74. The molecule has 0 fully saturated rings. The molecule has 0 atom stereocenters. The van der Waals surface area contributed by atoms with Crippen molar-refractivity contribution in [3.8, 4) is 5.75 Å². The van der Waals surface area contributed by atoms with Gasteiger partial charge in [-0.3, -0.25) is 9.59 Å². The summed E-state index contributed by atoms with van der Waals surface area (Å²) in [6.45, 7) is 4.13. The van der Waals surface area contributed by atoms with Crippen LogP contribution in [0, 0.1) is 6.92 Å². The molecular weight excluding hydrogens is 274 g/mol. The van der Waals surface area contributed by atoms with Gasteiger partial charge in [0.05, 0.1) is 13.2 Å². The molecule has 0 bridgehead atoms. The molecule has 0 aliphatic heterocycles. The number of aromatic hydroxyl groups is 1. The molecule has 1 rings (SSSR count). The van der Waals surface area contributed by atoms with Crippen LogP contribution < -0.4 is 0 Å². The van der Waals surface area contributed by atoms with E-state index in [1.54, 1.807) is 26.0 Å². The molecule has 0 aromatic heterocycles. The molecule has 0 heterocycles. The fraction of sp³-hybridized carbons (Fsp3) is 0.467. The van der Waals surface area contributed by atoms with Crippen molar-refractivity contribution in [3.63, 3.8) is 0 Å². The summed E-state index contributed by atoms with van der Waals surface area (Å²) in [7, 11) is 1.52. The summed E-state index contributed by atoms with van der Waals surface area (Å²) in [5, 5.41) is 9.69. The number of amides is 1. The number of esters is 1. The molecule has 21 heavy (non-hydrogen) atoms. The lowest BCUT2D eigenvalue weighted by Gasteiger charge is -2.21. The Bertz CT molecular complexity index is 501. The molecular formula is C15H21NO5. The Labute approximate surface area is 124 Å². The van der Waals surface area contributed by atoms with Crippen molar-refractivity contribution in [1.82, 2.24) is 4.90 Å². The van der Waals surface area contributed by atoms with Crippen molar-refractivity contribution in [1.29, 1.82) is 0 Å². The molecule has 6 nitrogen and oxygen atoms in total. The van der Waals surface area contributed by atoms with Crippen molar-refractivity contribution in [2.24, 2.45) is 0 Å². The van der Waals surface area contributed by atoms with E-state index in [4.69, 9.17) is 9.47 Å². The average molecular weight is 295 g/mol. The number of methoxy groups -OCH3 is 1. The van der Waals surface area contributed by atoms with E-state index in [1.165, 1.54) is 18.1 Å². The number of hydrogen-bond donors (Lipinski definition) is 1. The summed E-state index contributed by atoms with van der Waals surface area (Å²) in [5.41, 5.74) is 0.999. The first-order valence-corrected chi connectivity index (χ1v) is 6.73. The highest BCUT2D eigenvalue weighted by Gasteiger charge is 2.20. The van der Waals surface area contributed by atoms with E-state index in [1.807, 2.05) is 0 Å². The van der Waals surface area contributed by atoms with Crippen molar-refractivity contribution in [2.75, 3.05) is 33.4 Å². The van der Waals surface area contributed by atoms with Crippen LogP contribution in [0.1, 0.15) is 22.8 Å². The van der Waals surface area contributed by atoms with Crippen LogP contribution in [0.15, 0.2) is 18.2 Å². The van der Waals surface area contributed by atoms with Gasteiger partial charge in [0.2, 0.25) is 0 Å². The van der Waals surface area contributed by atoms with E-state index in [-0.39, 0.29) is 31.4 Å². The number of hydrogen-bond acceptors (Lipinski definition) is 5. The molecule has 0 radical (unpaired) electrons. The molecule has 0 aliphatic carbocycles. The SMILES string of the molecule is CCOC(=O)CN(CCOC)C(=O)c1ccc(C)c(O)c1. The predicted octanol–water partition coefficient (Wildman–Crippen LogP) is 1.35. The monoisotopic (exact) mass is 295 g/mol. The van der Waals surface area contributed by atoms with E-state index in [0.717, 1.165) is 0 Å². The molecule has 1 N–H and O–H groups in total. The third-order valence-corrected chi connectivity index (χ3v) is 2.93. The van der Waals surface area contributed by atoms with E-state index < -0.39 is 5.97 Å². The Morgan fingerprint density at radius 1 is 1.33 bits per heavy atom. The third-order valence-electron chi connectivity index (χ3n) is 2.93. The molecule has 0 spiro atoms. The molecule has 1 aromatic carbocycles. The summed E-state index contributed by atoms with van der Waals surface area (Å²) < 4.78 is 9.81. The van der Waals surface area contributed by atoms with E-state index >= 15 is 0 Å². The number of phenols is 1. The quantitative estimate of drug-likeness (QED) is 0.768. The van der Waals surface area contributed by atoms with Crippen molar-refractivity contribution < 1.29 is 24.2 Å². The van der Waals surface area contributed by atoms with E-state index in [9.17, 15) is 14.7 Å². The second kappa shape index (κ2) is 8.26. The van der Waals surface area contributed by atoms with Gasteiger partial charge in [0.1, 0.15) is 12.3 Å². The number of aryl methyl sites for hydroxylation is 1. The highest BCUT2D eigenvalue weighted by Crippen LogP contribution is 2.18. The summed E-state index contributed by atoms with van der Waals surface area (Å²) in [6, 6.07) is 4.66. The van der Waals surface area contributed by atoms with Crippen LogP contribution in [0.5, 0.6) is 5.75 Å². The van der Waals surface area contributed by atoms with Crippen LogP contribution >= 0.6 is 0 Å². The molecule has 1 aromatic rings. The second-order valence-corrected chi connectivity index (χ2v) is 4.53. The van der Waals surface area contributed by atoms with Crippen molar-refractivity contribution in [3.05, 3.63) is 29.3 Å². The Morgan fingerprint density at radius 3 is 2.62 bits per heavy atom. The minimum atomic E-state index is -0.474. The Kier molecular flexibility index (Phi) is 6.68. The maximum atomic E-state index is 12.4. The van der Waals surface area contributed by atoms with Gasteiger partial charge in [-0.2, -0.15) is 0 Å². The largest absolute Gasteiger partial charge is 0.508 e. The van der Waals surface area contributed by atoms with Crippen LogP contribution in [0.25, 0.3) is 0 Å². The highest BCUT2D eigenvalue weighted by molar-refractivity contribution is 5.96. The number of carbonyl (C=O) groups is 2. The van der Waals surface area contributed by atoms with Gasteiger partial charge in [0.25, 0.3) is 5.91 Å². The van der Waals surface area contributed by atoms with E-state index in [0.29, 0.717) is 17.7 Å². The first-order valence-electron chi connectivity index (χ1n) is 6.73. The zero-order valence-electron chi connectivity index (χ0n) is 12.6. The van der Waals surface area contributed by atoms with E-state index in [2.05, 4.69) is 0 Å². The lowest BCUT2D eigenvalue weighted by Crippen LogP contribution is -2.38. The van der Waals surface area contributed by atoms with Crippen LogP contribution in [-0.2, 0) is 14.3 Å². The maximum Gasteiger partial charge on any atom is 0.325 e. The third kappa shape index (κ3) is 5.07. The zero-order valence-corrected chi connectivity index (χ0v) is 12.6. The molecule has 1 amide bonds. The average Bonchev–Trinajstić information content (AvgIpc) is 2.46.